The molecule has 0 aliphatic carbocycles. The SMILES string of the molecule is COc1ccc(OCCN(C)c2ccc(S(=O)(=O)NC(C)C)cc2[N+](=O)[O-])cc1. The molecule has 29 heavy (non-hydrogen) atoms. The highest BCUT2D eigenvalue weighted by Gasteiger charge is 2.23. The van der Waals surface area contributed by atoms with Crippen molar-refractivity contribution in [1.82, 2.24) is 4.72 Å². The van der Waals surface area contributed by atoms with E-state index in [0.717, 1.165) is 6.07 Å². The summed E-state index contributed by atoms with van der Waals surface area (Å²) in [7, 11) is -0.567. The first-order valence-corrected chi connectivity index (χ1v) is 10.4. The van der Waals surface area contributed by atoms with Gasteiger partial charge in [0.1, 0.15) is 23.8 Å². The molecule has 158 valence electrons. The minimum absolute atomic E-state index is 0.149. The number of ether oxygens (including phenoxy) is 2. The Morgan fingerprint density at radius 2 is 1.76 bits per heavy atom. The number of anilines is 1. The summed E-state index contributed by atoms with van der Waals surface area (Å²) >= 11 is 0. The topological polar surface area (TPSA) is 111 Å². The minimum atomic E-state index is -3.82. The van der Waals surface area contributed by atoms with Gasteiger partial charge in [0.05, 0.1) is 23.5 Å². The molecule has 0 unspecified atom stereocenters. The Hall–Kier alpha value is -2.85. The highest BCUT2D eigenvalue weighted by atomic mass is 32.2. The third kappa shape index (κ3) is 6.06. The van der Waals surface area contributed by atoms with Gasteiger partial charge >= 0.3 is 0 Å². The van der Waals surface area contributed by atoms with Crippen molar-refractivity contribution in [2.24, 2.45) is 0 Å². The maximum atomic E-state index is 12.3. The third-order valence-electron chi connectivity index (χ3n) is 4.01. The molecule has 2 aromatic carbocycles. The van der Waals surface area contributed by atoms with Gasteiger partial charge in [-0.2, -0.15) is 0 Å². The Morgan fingerprint density at radius 1 is 1.14 bits per heavy atom. The summed E-state index contributed by atoms with van der Waals surface area (Å²) < 4.78 is 37.7. The second kappa shape index (κ2) is 9.57. The molecule has 0 spiro atoms. The standard InChI is InChI=1S/C19H25N3O6S/c1-14(2)20-29(25,26)17-9-10-18(19(13-17)22(23)24)21(3)11-12-28-16-7-5-15(27-4)6-8-16/h5-10,13-14,20H,11-12H2,1-4H3. The molecule has 2 rings (SSSR count). The number of hydrogen-bond acceptors (Lipinski definition) is 7. The molecule has 0 aliphatic rings. The van der Waals surface area contributed by atoms with E-state index in [9.17, 15) is 18.5 Å². The molecule has 10 heteroatoms. The largest absolute Gasteiger partial charge is 0.497 e. The number of rotatable bonds is 10. The third-order valence-corrected chi connectivity index (χ3v) is 5.67. The molecule has 0 saturated heterocycles. The minimum Gasteiger partial charge on any atom is -0.497 e. The van der Waals surface area contributed by atoms with E-state index in [1.165, 1.54) is 12.1 Å². The number of likely N-dealkylation sites (N-methyl/N-ethyl adjacent to an activating group) is 1. The molecular formula is C19H25N3O6S. The lowest BCUT2D eigenvalue weighted by molar-refractivity contribution is -0.384. The highest BCUT2D eigenvalue weighted by molar-refractivity contribution is 7.89. The second-order valence-electron chi connectivity index (χ2n) is 6.63. The van der Waals surface area contributed by atoms with Crippen molar-refractivity contribution >= 4 is 21.4 Å². The van der Waals surface area contributed by atoms with Crippen LogP contribution < -0.4 is 19.1 Å². The van der Waals surface area contributed by atoms with Crippen LogP contribution in [-0.4, -0.2) is 46.7 Å². The zero-order valence-corrected chi connectivity index (χ0v) is 17.6. The van der Waals surface area contributed by atoms with Gasteiger partial charge in [0.25, 0.3) is 5.69 Å². The summed E-state index contributed by atoms with van der Waals surface area (Å²) in [6, 6.07) is 10.6. The molecule has 0 amide bonds. The fraction of sp³-hybridized carbons (Fsp3) is 0.368. The van der Waals surface area contributed by atoms with Crippen LogP contribution in [0.15, 0.2) is 47.4 Å². The molecule has 0 aromatic heterocycles. The highest BCUT2D eigenvalue weighted by Crippen LogP contribution is 2.30. The maximum absolute atomic E-state index is 12.3. The number of benzene rings is 2. The Bertz CT molecular complexity index is 945. The van der Waals surface area contributed by atoms with Gasteiger partial charge in [-0.25, -0.2) is 13.1 Å². The van der Waals surface area contributed by atoms with Gasteiger partial charge in [-0.05, 0) is 50.2 Å². The molecule has 0 radical (unpaired) electrons. The fourth-order valence-corrected chi connectivity index (χ4v) is 3.88. The van der Waals surface area contributed by atoms with Crippen LogP contribution in [0, 0.1) is 10.1 Å². The number of nitro groups is 1. The summed E-state index contributed by atoms with van der Waals surface area (Å²) in [6.45, 7) is 4.01. The van der Waals surface area contributed by atoms with Crippen molar-refractivity contribution in [1.29, 1.82) is 0 Å². The van der Waals surface area contributed by atoms with Crippen LogP contribution in [0.3, 0.4) is 0 Å². The van der Waals surface area contributed by atoms with Gasteiger partial charge in [0.2, 0.25) is 10.0 Å². The van der Waals surface area contributed by atoms with Crippen LogP contribution in [0.1, 0.15) is 13.8 Å². The maximum Gasteiger partial charge on any atom is 0.293 e. The lowest BCUT2D eigenvalue weighted by Gasteiger charge is -2.20. The van der Waals surface area contributed by atoms with Crippen LogP contribution in [0.5, 0.6) is 11.5 Å². The number of nitrogens with zero attached hydrogens (tertiary/aromatic N) is 2. The second-order valence-corrected chi connectivity index (χ2v) is 8.34. The molecule has 2 aromatic rings. The Labute approximate surface area is 170 Å². The van der Waals surface area contributed by atoms with E-state index >= 15 is 0 Å². The van der Waals surface area contributed by atoms with E-state index in [1.807, 2.05) is 0 Å². The van der Waals surface area contributed by atoms with E-state index in [1.54, 1.807) is 57.2 Å². The number of hydrogen-bond donors (Lipinski definition) is 1. The number of nitrogens with one attached hydrogen (secondary N) is 1. The summed E-state index contributed by atoms with van der Waals surface area (Å²) in [5.74, 6) is 1.36. The molecule has 9 nitrogen and oxygen atoms in total. The number of nitro benzene ring substituents is 1. The van der Waals surface area contributed by atoms with Crippen molar-refractivity contribution in [3.8, 4) is 11.5 Å². The number of sulfonamides is 1. The van der Waals surface area contributed by atoms with E-state index in [0.29, 0.717) is 23.7 Å². The van der Waals surface area contributed by atoms with Gasteiger partial charge in [0, 0.05) is 19.2 Å². The molecule has 0 saturated carbocycles. The van der Waals surface area contributed by atoms with Gasteiger partial charge in [-0.1, -0.05) is 0 Å². The zero-order valence-electron chi connectivity index (χ0n) is 16.8. The molecule has 0 fully saturated rings. The van der Waals surface area contributed by atoms with E-state index in [4.69, 9.17) is 9.47 Å². The van der Waals surface area contributed by atoms with Gasteiger partial charge in [0.15, 0.2) is 0 Å². The van der Waals surface area contributed by atoms with E-state index in [2.05, 4.69) is 4.72 Å². The smallest absolute Gasteiger partial charge is 0.293 e. The fourth-order valence-electron chi connectivity index (χ4n) is 2.61. The molecular weight excluding hydrogens is 398 g/mol. The van der Waals surface area contributed by atoms with Crippen molar-refractivity contribution in [2.45, 2.75) is 24.8 Å². The summed E-state index contributed by atoms with van der Waals surface area (Å²) in [5.41, 5.74) is 0.0143. The normalized spacial score (nSPS) is 11.3. The first-order chi connectivity index (χ1) is 13.6. The summed E-state index contributed by atoms with van der Waals surface area (Å²) in [6.07, 6.45) is 0. The lowest BCUT2D eigenvalue weighted by Crippen LogP contribution is -2.30. The first kappa shape index (κ1) is 22.4. The van der Waals surface area contributed by atoms with Crippen LogP contribution in [0.4, 0.5) is 11.4 Å². The van der Waals surface area contributed by atoms with Crippen LogP contribution in [-0.2, 0) is 10.0 Å². The Kier molecular flexibility index (Phi) is 7.40. The average molecular weight is 423 g/mol. The predicted molar refractivity (Wildman–Crippen MR) is 110 cm³/mol. The van der Waals surface area contributed by atoms with Crippen molar-refractivity contribution in [3.63, 3.8) is 0 Å². The lowest BCUT2D eigenvalue weighted by atomic mass is 10.2. The average Bonchev–Trinajstić information content (AvgIpc) is 2.67. The van der Waals surface area contributed by atoms with Crippen LogP contribution >= 0.6 is 0 Å². The van der Waals surface area contributed by atoms with Crippen LogP contribution in [0.25, 0.3) is 0 Å². The van der Waals surface area contributed by atoms with Crippen molar-refractivity contribution in [2.75, 3.05) is 32.2 Å². The van der Waals surface area contributed by atoms with E-state index < -0.39 is 14.9 Å². The quantitative estimate of drug-likeness (QED) is 0.462. The zero-order chi connectivity index (χ0) is 21.6. The molecule has 0 atom stereocenters. The van der Waals surface area contributed by atoms with Gasteiger partial charge in [-0.3, -0.25) is 10.1 Å². The van der Waals surface area contributed by atoms with Gasteiger partial charge in [-0.15, -0.1) is 0 Å². The van der Waals surface area contributed by atoms with E-state index in [-0.39, 0.29) is 23.2 Å². The monoisotopic (exact) mass is 423 g/mol. The van der Waals surface area contributed by atoms with Gasteiger partial charge < -0.3 is 14.4 Å². The molecule has 1 N–H and O–H groups in total. The number of methoxy groups -OCH3 is 1. The Balaban J connectivity index is 2.12. The first-order valence-electron chi connectivity index (χ1n) is 8.93. The van der Waals surface area contributed by atoms with Crippen LogP contribution in [0.2, 0.25) is 0 Å². The van der Waals surface area contributed by atoms with Crippen molar-refractivity contribution in [3.05, 3.63) is 52.6 Å². The molecule has 0 bridgehead atoms. The summed E-state index contributed by atoms with van der Waals surface area (Å²) in [5, 5.41) is 11.5. The predicted octanol–water partition coefficient (Wildman–Crippen LogP) is 2.81. The Morgan fingerprint density at radius 3 is 2.31 bits per heavy atom. The molecule has 0 heterocycles. The summed E-state index contributed by atoms with van der Waals surface area (Å²) in [4.78, 5) is 12.4. The van der Waals surface area contributed by atoms with Crippen molar-refractivity contribution < 1.29 is 22.8 Å². The molecule has 0 aliphatic heterocycles.